The topological polar surface area (TPSA) is 55.2 Å². The Bertz CT molecular complexity index is 587. The molecular formula is C12H8BrClN2O2. The molecule has 0 heterocycles. The van der Waals surface area contributed by atoms with E-state index < -0.39 is 4.92 Å². The van der Waals surface area contributed by atoms with Gasteiger partial charge < -0.3 is 5.32 Å². The molecule has 2 aromatic carbocycles. The van der Waals surface area contributed by atoms with E-state index in [1.165, 1.54) is 12.1 Å². The van der Waals surface area contributed by atoms with Crippen LogP contribution >= 0.6 is 27.5 Å². The van der Waals surface area contributed by atoms with Crippen molar-refractivity contribution in [3.05, 3.63) is 62.1 Å². The van der Waals surface area contributed by atoms with Crippen molar-refractivity contribution in [2.45, 2.75) is 0 Å². The molecule has 1 N–H and O–H groups in total. The number of hydrogen-bond acceptors (Lipinski definition) is 3. The van der Waals surface area contributed by atoms with Gasteiger partial charge in [-0.05, 0) is 46.3 Å². The zero-order valence-electron chi connectivity index (χ0n) is 9.06. The van der Waals surface area contributed by atoms with Gasteiger partial charge in [0.25, 0.3) is 5.69 Å². The lowest BCUT2D eigenvalue weighted by atomic mass is 10.2. The van der Waals surface area contributed by atoms with Gasteiger partial charge in [-0.1, -0.05) is 11.6 Å². The number of halogens is 2. The number of nitrogens with one attached hydrogen (secondary N) is 1. The second kappa shape index (κ2) is 5.37. The van der Waals surface area contributed by atoms with E-state index in [2.05, 4.69) is 21.2 Å². The molecule has 0 fully saturated rings. The molecule has 0 unspecified atom stereocenters. The van der Waals surface area contributed by atoms with Crippen LogP contribution in [-0.4, -0.2) is 4.92 Å². The van der Waals surface area contributed by atoms with E-state index >= 15 is 0 Å². The molecule has 0 atom stereocenters. The maximum absolute atomic E-state index is 10.5. The highest BCUT2D eigenvalue weighted by Crippen LogP contribution is 2.27. The molecule has 0 bridgehead atoms. The Morgan fingerprint density at radius 3 is 2.28 bits per heavy atom. The van der Waals surface area contributed by atoms with E-state index in [1.807, 2.05) is 12.1 Å². The molecule has 0 aliphatic carbocycles. The van der Waals surface area contributed by atoms with Crippen LogP contribution in [0.4, 0.5) is 17.1 Å². The summed E-state index contributed by atoms with van der Waals surface area (Å²) in [7, 11) is 0. The molecule has 2 aromatic rings. The second-order valence-corrected chi connectivity index (χ2v) is 4.82. The van der Waals surface area contributed by atoms with Crippen molar-refractivity contribution in [1.82, 2.24) is 0 Å². The molecule has 18 heavy (non-hydrogen) atoms. The molecule has 0 aromatic heterocycles. The number of nitrogens with zero attached hydrogens (tertiary/aromatic N) is 1. The molecule has 0 saturated heterocycles. The summed E-state index contributed by atoms with van der Waals surface area (Å²) in [4.78, 5) is 10.1. The van der Waals surface area contributed by atoms with E-state index in [9.17, 15) is 10.1 Å². The number of non-ortho nitro benzene ring substituents is 1. The lowest BCUT2D eigenvalue weighted by Gasteiger charge is -2.07. The summed E-state index contributed by atoms with van der Waals surface area (Å²) in [5.74, 6) is 0. The van der Waals surface area contributed by atoms with Crippen molar-refractivity contribution in [2.24, 2.45) is 0 Å². The highest BCUT2D eigenvalue weighted by atomic mass is 79.9. The molecule has 0 aliphatic rings. The van der Waals surface area contributed by atoms with Crippen LogP contribution in [0.2, 0.25) is 5.02 Å². The van der Waals surface area contributed by atoms with Gasteiger partial charge in [-0.25, -0.2) is 0 Å². The van der Waals surface area contributed by atoms with Crippen LogP contribution in [0.15, 0.2) is 46.9 Å². The minimum Gasteiger partial charge on any atom is -0.355 e. The van der Waals surface area contributed by atoms with E-state index in [0.29, 0.717) is 5.02 Å². The van der Waals surface area contributed by atoms with Gasteiger partial charge in [0.2, 0.25) is 0 Å². The Morgan fingerprint density at radius 2 is 1.72 bits per heavy atom. The zero-order chi connectivity index (χ0) is 13.1. The van der Waals surface area contributed by atoms with Crippen LogP contribution in [-0.2, 0) is 0 Å². The summed E-state index contributed by atoms with van der Waals surface area (Å²) in [6, 6.07) is 11.6. The predicted octanol–water partition coefficient (Wildman–Crippen LogP) is 4.75. The minimum absolute atomic E-state index is 0.0642. The molecule has 6 heteroatoms. The number of anilines is 2. The fourth-order valence-corrected chi connectivity index (χ4v) is 1.83. The molecule has 92 valence electrons. The molecule has 4 nitrogen and oxygen atoms in total. The van der Waals surface area contributed by atoms with Crippen LogP contribution in [0.3, 0.4) is 0 Å². The predicted molar refractivity (Wildman–Crippen MR) is 75.5 cm³/mol. The fourth-order valence-electron chi connectivity index (χ4n) is 1.41. The van der Waals surface area contributed by atoms with Crippen LogP contribution in [0.1, 0.15) is 0 Å². The zero-order valence-corrected chi connectivity index (χ0v) is 11.4. The summed E-state index contributed by atoms with van der Waals surface area (Å²) >= 11 is 9.28. The van der Waals surface area contributed by atoms with Gasteiger partial charge in [0.05, 0.1) is 9.95 Å². The number of benzene rings is 2. The summed E-state index contributed by atoms with van der Waals surface area (Å²) in [5.41, 5.74) is 1.64. The Kier molecular flexibility index (Phi) is 3.84. The third-order valence-electron chi connectivity index (χ3n) is 2.29. The first-order valence-corrected chi connectivity index (χ1v) is 6.20. The molecule has 0 spiro atoms. The van der Waals surface area contributed by atoms with Crippen molar-refractivity contribution in [1.29, 1.82) is 0 Å². The van der Waals surface area contributed by atoms with Crippen LogP contribution in [0.5, 0.6) is 0 Å². The molecule has 2 rings (SSSR count). The summed E-state index contributed by atoms with van der Waals surface area (Å²) in [6.45, 7) is 0. The van der Waals surface area contributed by atoms with Crippen molar-refractivity contribution < 1.29 is 4.92 Å². The van der Waals surface area contributed by atoms with Crippen molar-refractivity contribution in [3.8, 4) is 0 Å². The van der Waals surface area contributed by atoms with Gasteiger partial charge in [0, 0.05) is 28.0 Å². The van der Waals surface area contributed by atoms with Gasteiger partial charge in [0.15, 0.2) is 0 Å². The Balaban J connectivity index is 2.18. The van der Waals surface area contributed by atoms with Gasteiger partial charge >= 0.3 is 0 Å². The Morgan fingerprint density at radius 1 is 1.11 bits per heavy atom. The number of nitro benzene ring substituents is 1. The van der Waals surface area contributed by atoms with Gasteiger partial charge in [-0.15, -0.1) is 0 Å². The van der Waals surface area contributed by atoms with E-state index in [1.54, 1.807) is 18.2 Å². The average molecular weight is 328 g/mol. The number of hydrogen-bond donors (Lipinski definition) is 1. The smallest absolute Gasteiger partial charge is 0.269 e. The van der Waals surface area contributed by atoms with Crippen molar-refractivity contribution >= 4 is 44.6 Å². The molecule has 0 amide bonds. The fraction of sp³-hybridized carbons (Fsp3) is 0. The van der Waals surface area contributed by atoms with Gasteiger partial charge in [-0.3, -0.25) is 10.1 Å². The summed E-state index contributed by atoms with van der Waals surface area (Å²) < 4.78 is 0.818. The minimum atomic E-state index is -0.430. The van der Waals surface area contributed by atoms with Gasteiger partial charge in [-0.2, -0.15) is 0 Å². The van der Waals surface area contributed by atoms with E-state index in [-0.39, 0.29) is 5.69 Å². The lowest BCUT2D eigenvalue weighted by Crippen LogP contribution is -1.91. The lowest BCUT2D eigenvalue weighted by molar-refractivity contribution is -0.384. The second-order valence-electron chi connectivity index (χ2n) is 3.56. The number of nitro groups is 1. The van der Waals surface area contributed by atoms with E-state index in [4.69, 9.17) is 11.6 Å². The van der Waals surface area contributed by atoms with Crippen LogP contribution < -0.4 is 5.32 Å². The highest BCUT2D eigenvalue weighted by Gasteiger charge is 2.04. The summed E-state index contributed by atoms with van der Waals surface area (Å²) in [5, 5.41) is 14.2. The summed E-state index contributed by atoms with van der Waals surface area (Å²) in [6.07, 6.45) is 0. The highest BCUT2D eigenvalue weighted by molar-refractivity contribution is 9.10. The average Bonchev–Trinajstić information content (AvgIpc) is 2.34. The first kappa shape index (κ1) is 12.9. The first-order valence-electron chi connectivity index (χ1n) is 5.03. The third-order valence-corrected chi connectivity index (χ3v) is 3.52. The van der Waals surface area contributed by atoms with Crippen LogP contribution in [0.25, 0.3) is 0 Å². The van der Waals surface area contributed by atoms with Crippen molar-refractivity contribution in [3.63, 3.8) is 0 Å². The maximum Gasteiger partial charge on any atom is 0.269 e. The van der Waals surface area contributed by atoms with E-state index in [0.717, 1.165) is 15.8 Å². The van der Waals surface area contributed by atoms with Gasteiger partial charge in [0.1, 0.15) is 0 Å². The van der Waals surface area contributed by atoms with Crippen LogP contribution in [0, 0.1) is 10.1 Å². The Hall–Kier alpha value is -1.59. The SMILES string of the molecule is O=[N+]([O-])c1ccc(Nc2ccc(Br)c(Cl)c2)cc1. The monoisotopic (exact) mass is 326 g/mol. The third kappa shape index (κ3) is 3.00. The quantitative estimate of drug-likeness (QED) is 0.653. The van der Waals surface area contributed by atoms with Crippen molar-refractivity contribution in [2.75, 3.05) is 5.32 Å². The molecule has 0 aliphatic heterocycles. The number of rotatable bonds is 3. The molecule has 0 radical (unpaired) electrons. The standard InChI is InChI=1S/C12H8BrClN2O2/c13-11-6-3-9(7-12(11)14)15-8-1-4-10(5-2-8)16(17)18/h1-7,15H. The maximum atomic E-state index is 10.5. The molecular weight excluding hydrogens is 320 g/mol. The normalized spacial score (nSPS) is 10.1. The first-order chi connectivity index (χ1) is 8.56. The molecule has 0 saturated carbocycles. The largest absolute Gasteiger partial charge is 0.355 e. The Labute approximate surface area is 117 Å².